The second-order valence-electron chi connectivity index (χ2n) is 10.1. The summed E-state index contributed by atoms with van der Waals surface area (Å²) in [7, 11) is 0. The second-order valence-corrected chi connectivity index (χ2v) is 11.3. The Morgan fingerprint density at radius 1 is 1.00 bits per heavy atom. The first kappa shape index (κ1) is 26.6. The number of para-hydroxylation sites is 1. The molecule has 40 heavy (non-hydrogen) atoms. The molecule has 3 atom stereocenters. The van der Waals surface area contributed by atoms with E-state index in [2.05, 4.69) is 88.6 Å². The van der Waals surface area contributed by atoms with Crippen molar-refractivity contribution in [2.45, 2.75) is 31.9 Å². The predicted molar refractivity (Wildman–Crippen MR) is 168 cm³/mol. The van der Waals surface area contributed by atoms with Crippen molar-refractivity contribution >= 4 is 40.2 Å². The van der Waals surface area contributed by atoms with Crippen molar-refractivity contribution in [3.8, 4) is 11.5 Å². The Morgan fingerprint density at radius 3 is 2.67 bits per heavy atom. The molecule has 0 saturated carbocycles. The molecule has 1 aliphatic heterocycles. The van der Waals surface area contributed by atoms with Crippen molar-refractivity contribution in [1.29, 1.82) is 0 Å². The Balaban J connectivity index is 1.18. The normalized spacial score (nSPS) is 19.2. The van der Waals surface area contributed by atoms with E-state index in [-0.39, 0.29) is 18.5 Å². The highest BCUT2D eigenvalue weighted by molar-refractivity contribution is 14.1. The second kappa shape index (κ2) is 11.8. The summed E-state index contributed by atoms with van der Waals surface area (Å²) >= 11 is 2.24. The zero-order chi connectivity index (χ0) is 27.5. The van der Waals surface area contributed by atoms with Gasteiger partial charge in [-0.25, -0.2) is 4.39 Å². The third kappa shape index (κ3) is 5.63. The minimum absolute atomic E-state index is 0.257. The first-order chi connectivity index (χ1) is 19.6. The highest BCUT2D eigenvalue weighted by Crippen LogP contribution is 2.49. The number of fused-ring (bicyclic) bond motifs is 3. The molecule has 0 aromatic heterocycles. The predicted octanol–water partition coefficient (Wildman–Crippen LogP) is 8.99. The summed E-state index contributed by atoms with van der Waals surface area (Å²) in [6.07, 6.45) is 7.62. The molecule has 2 aliphatic rings. The molecule has 0 amide bonds. The number of ether oxygens (including phenoxy) is 2. The quantitative estimate of drug-likeness (QED) is 0.118. The van der Waals surface area contributed by atoms with Gasteiger partial charge < -0.3 is 14.8 Å². The molecule has 4 aromatic rings. The highest BCUT2D eigenvalue weighted by Gasteiger charge is 2.37. The van der Waals surface area contributed by atoms with E-state index in [9.17, 15) is 4.39 Å². The van der Waals surface area contributed by atoms with E-state index in [0.29, 0.717) is 29.9 Å². The molecule has 4 aromatic carbocycles. The molecule has 202 valence electrons. The van der Waals surface area contributed by atoms with Crippen LogP contribution in [0.1, 0.15) is 47.6 Å². The Hall–Kier alpha value is -3.65. The van der Waals surface area contributed by atoms with Crippen molar-refractivity contribution in [2.75, 3.05) is 11.9 Å². The Bertz CT molecular complexity index is 1570. The van der Waals surface area contributed by atoms with Gasteiger partial charge in [0.2, 0.25) is 0 Å². The number of allylic oxidation sites excluding steroid dienone is 2. The molecule has 1 aliphatic carbocycles. The molecule has 0 fully saturated rings. The van der Waals surface area contributed by atoms with Gasteiger partial charge in [0.15, 0.2) is 11.5 Å². The maximum Gasteiger partial charge on any atom is 0.175 e. The lowest BCUT2D eigenvalue weighted by Gasteiger charge is -2.37. The molecule has 6 heteroatoms. The number of hydrogen-bond acceptors (Lipinski definition) is 4. The summed E-state index contributed by atoms with van der Waals surface area (Å²) in [5.74, 6) is 1.99. The van der Waals surface area contributed by atoms with Gasteiger partial charge in [-0.1, -0.05) is 54.6 Å². The maximum absolute atomic E-state index is 13.6. The highest BCUT2D eigenvalue weighted by atomic mass is 127. The summed E-state index contributed by atoms with van der Waals surface area (Å²) < 4.78 is 26.4. The Morgan fingerprint density at radius 2 is 1.85 bits per heavy atom. The van der Waals surface area contributed by atoms with E-state index in [0.717, 1.165) is 26.8 Å². The van der Waals surface area contributed by atoms with Crippen LogP contribution in [0, 0.1) is 15.3 Å². The average Bonchev–Trinajstić information content (AvgIpc) is 3.46. The van der Waals surface area contributed by atoms with Crippen molar-refractivity contribution < 1.29 is 13.9 Å². The molecule has 0 radical (unpaired) electrons. The van der Waals surface area contributed by atoms with Gasteiger partial charge >= 0.3 is 0 Å². The van der Waals surface area contributed by atoms with E-state index in [1.54, 1.807) is 6.07 Å². The van der Waals surface area contributed by atoms with Gasteiger partial charge in [0, 0.05) is 17.8 Å². The minimum atomic E-state index is -0.277. The Kier molecular flexibility index (Phi) is 7.86. The third-order valence-electron chi connectivity index (χ3n) is 7.49. The van der Waals surface area contributed by atoms with Gasteiger partial charge in [0.25, 0.3) is 0 Å². The van der Waals surface area contributed by atoms with Crippen LogP contribution in [0.4, 0.5) is 15.8 Å². The zero-order valence-electron chi connectivity index (χ0n) is 22.2. The van der Waals surface area contributed by atoms with Crippen LogP contribution in [0.2, 0.25) is 0 Å². The summed E-state index contributed by atoms with van der Waals surface area (Å²) in [4.78, 5) is 4.74. The number of anilines is 1. The molecule has 1 N–H and O–H groups in total. The van der Waals surface area contributed by atoms with E-state index in [4.69, 9.17) is 14.5 Å². The van der Waals surface area contributed by atoms with Gasteiger partial charge in [-0.2, -0.15) is 0 Å². The topological polar surface area (TPSA) is 42.8 Å². The zero-order valence-corrected chi connectivity index (χ0v) is 24.3. The van der Waals surface area contributed by atoms with Crippen LogP contribution in [0.3, 0.4) is 0 Å². The number of hydrogen-bond donors (Lipinski definition) is 1. The maximum atomic E-state index is 13.6. The molecule has 4 nitrogen and oxygen atoms in total. The Labute approximate surface area is 248 Å². The molecule has 0 saturated heterocycles. The lowest BCUT2D eigenvalue weighted by molar-refractivity contribution is 0.267. The largest absolute Gasteiger partial charge is 0.490 e. The van der Waals surface area contributed by atoms with Crippen LogP contribution in [0.5, 0.6) is 11.5 Å². The summed E-state index contributed by atoms with van der Waals surface area (Å²) in [6, 6.07) is 27.8. The van der Waals surface area contributed by atoms with E-state index in [1.807, 2.05) is 31.3 Å². The van der Waals surface area contributed by atoms with Crippen LogP contribution in [-0.2, 0) is 6.61 Å². The molecule has 0 bridgehead atoms. The number of aliphatic imine (C=N–C) groups is 1. The first-order valence-corrected chi connectivity index (χ1v) is 14.7. The number of halogens is 2. The van der Waals surface area contributed by atoms with Gasteiger partial charge in [0.05, 0.1) is 21.9 Å². The van der Waals surface area contributed by atoms with Gasteiger partial charge in [-0.05, 0) is 107 Å². The molecule has 1 heterocycles. The number of benzene rings is 4. The van der Waals surface area contributed by atoms with E-state index < -0.39 is 0 Å². The van der Waals surface area contributed by atoms with Crippen LogP contribution in [0.25, 0.3) is 0 Å². The summed E-state index contributed by atoms with van der Waals surface area (Å²) in [5, 5.41) is 3.79. The van der Waals surface area contributed by atoms with Crippen molar-refractivity contribution in [3.63, 3.8) is 0 Å². The smallest absolute Gasteiger partial charge is 0.175 e. The van der Waals surface area contributed by atoms with Crippen molar-refractivity contribution in [3.05, 3.63) is 129 Å². The standard InChI is InChI=1S/C34H30FIN2O2/c1-2-39-32-19-23(18-30(36)34(32)40-21-22-7-5-8-25(35)17-22)20-37-26-15-13-24(14-16-26)33-29-11-6-10-27(29)28-9-3-4-12-31(28)38-33/h3-10,12-20,27,29,33,38H,2,11,21H2,1H3/t27-,29-,33-/m0/s1. The SMILES string of the molecule is CCOc1cc(C=Nc2ccc([C@@H]3Nc4ccccc4[C@@H]4C=CC[C@@H]43)cc2)cc(I)c1OCc1cccc(F)c1. The molecular formula is C34H30FIN2O2. The lowest BCUT2D eigenvalue weighted by atomic mass is 9.77. The average molecular weight is 645 g/mol. The van der Waals surface area contributed by atoms with Crippen LogP contribution in [0.15, 0.2) is 102 Å². The van der Waals surface area contributed by atoms with E-state index >= 15 is 0 Å². The molecule has 0 unspecified atom stereocenters. The van der Waals surface area contributed by atoms with Crippen molar-refractivity contribution in [2.24, 2.45) is 10.9 Å². The number of rotatable bonds is 8. The van der Waals surface area contributed by atoms with Gasteiger partial charge in [0.1, 0.15) is 12.4 Å². The van der Waals surface area contributed by atoms with Crippen LogP contribution >= 0.6 is 22.6 Å². The third-order valence-corrected chi connectivity index (χ3v) is 8.29. The molecule has 6 rings (SSSR count). The van der Waals surface area contributed by atoms with Crippen LogP contribution < -0.4 is 14.8 Å². The summed E-state index contributed by atoms with van der Waals surface area (Å²) in [5.41, 5.74) is 6.47. The number of nitrogens with zero attached hydrogens (tertiary/aromatic N) is 1. The molecular weight excluding hydrogens is 614 g/mol. The van der Waals surface area contributed by atoms with E-state index in [1.165, 1.54) is 28.9 Å². The molecule has 0 spiro atoms. The fraction of sp³-hybridized carbons (Fsp3) is 0.206. The lowest BCUT2D eigenvalue weighted by Crippen LogP contribution is -2.28. The first-order valence-electron chi connectivity index (χ1n) is 13.6. The summed E-state index contributed by atoms with van der Waals surface area (Å²) in [6.45, 7) is 2.70. The monoisotopic (exact) mass is 644 g/mol. The van der Waals surface area contributed by atoms with Crippen LogP contribution in [-0.4, -0.2) is 12.8 Å². The van der Waals surface area contributed by atoms with Gasteiger partial charge in [-0.3, -0.25) is 4.99 Å². The number of nitrogens with one attached hydrogen (secondary N) is 1. The minimum Gasteiger partial charge on any atom is -0.490 e. The fourth-order valence-electron chi connectivity index (χ4n) is 5.64. The fourth-order valence-corrected chi connectivity index (χ4v) is 6.42. The van der Waals surface area contributed by atoms with Crippen molar-refractivity contribution in [1.82, 2.24) is 0 Å². The van der Waals surface area contributed by atoms with Gasteiger partial charge in [-0.15, -0.1) is 0 Å².